The number of nitrogens with zero attached hydrogens (tertiary/aromatic N) is 1. The minimum absolute atomic E-state index is 0.00331. The van der Waals surface area contributed by atoms with Crippen LogP contribution < -0.4 is 16.8 Å². The summed E-state index contributed by atoms with van der Waals surface area (Å²) in [5.74, 6) is -3.19. The van der Waals surface area contributed by atoms with Gasteiger partial charge in [0.05, 0.1) is 11.8 Å². The molecule has 2 aromatic carbocycles. The number of primary amides is 2. The summed E-state index contributed by atoms with van der Waals surface area (Å²) >= 11 is 0. The molecule has 3 unspecified atom stereocenters. The van der Waals surface area contributed by atoms with Gasteiger partial charge in [0.15, 0.2) is 0 Å². The van der Waals surface area contributed by atoms with Crippen LogP contribution >= 0.6 is 0 Å². The number of carbonyl (C=O) groups excluding carboxylic acids is 4. The molecule has 1 saturated heterocycles. The first kappa shape index (κ1) is 34.2. The van der Waals surface area contributed by atoms with Gasteiger partial charge in [-0.05, 0) is 54.5 Å². The summed E-state index contributed by atoms with van der Waals surface area (Å²) in [5, 5.41) is 2.99. The lowest BCUT2D eigenvalue weighted by Crippen LogP contribution is -2.44. The Balaban J connectivity index is 1.25. The normalized spacial score (nSPS) is 22.2. The number of nitrogens with two attached hydrogens (primary N) is 2. The van der Waals surface area contributed by atoms with E-state index in [1.807, 2.05) is 30.3 Å². The topological polar surface area (TPSA) is 136 Å². The summed E-state index contributed by atoms with van der Waals surface area (Å²) in [7, 11) is 0. The Labute approximate surface area is 268 Å². The molecule has 5 atom stereocenters. The number of unbranched alkanes of at least 4 members (excludes halogenated alkanes) is 11. The van der Waals surface area contributed by atoms with Crippen LogP contribution in [-0.2, 0) is 9.59 Å². The maximum absolute atomic E-state index is 13.8. The zero-order valence-corrected chi connectivity index (χ0v) is 26.9. The van der Waals surface area contributed by atoms with E-state index >= 15 is 0 Å². The Kier molecular flexibility index (Phi) is 13.0. The number of likely N-dealkylation sites (tertiary alicyclic amines) is 1. The molecule has 1 heterocycles. The lowest BCUT2D eigenvalue weighted by Gasteiger charge is -2.28. The van der Waals surface area contributed by atoms with Crippen molar-refractivity contribution in [2.45, 2.75) is 102 Å². The second-order valence-corrected chi connectivity index (χ2v) is 13.0. The van der Waals surface area contributed by atoms with Crippen LogP contribution in [0, 0.1) is 17.8 Å². The maximum atomic E-state index is 13.8. The number of amides is 4. The molecule has 5 N–H and O–H groups in total. The molecule has 1 aliphatic heterocycles. The van der Waals surface area contributed by atoms with E-state index in [2.05, 4.69) is 12.2 Å². The molecular formula is C37H52N4O4. The summed E-state index contributed by atoms with van der Waals surface area (Å²) < 4.78 is 0. The van der Waals surface area contributed by atoms with Gasteiger partial charge in [-0.2, -0.15) is 0 Å². The van der Waals surface area contributed by atoms with Gasteiger partial charge in [-0.15, -0.1) is 0 Å². The number of nitrogens with one attached hydrogen (secondary N) is 1. The summed E-state index contributed by atoms with van der Waals surface area (Å²) in [6, 6.07) is 16.0. The summed E-state index contributed by atoms with van der Waals surface area (Å²) in [5.41, 5.74) is 13.5. The van der Waals surface area contributed by atoms with E-state index in [1.54, 1.807) is 29.2 Å². The molecule has 0 spiro atoms. The first-order chi connectivity index (χ1) is 21.8. The molecule has 244 valence electrons. The molecular weight excluding hydrogens is 564 g/mol. The lowest BCUT2D eigenvalue weighted by molar-refractivity contribution is -0.130. The van der Waals surface area contributed by atoms with Crippen LogP contribution in [-0.4, -0.2) is 47.7 Å². The summed E-state index contributed by atoms with van der Waals surface area (Å²) in [6.07, 6.45) is 16.0. The Morgan fingerprint density at radius 2 is 1.29 bits per heavy atom. The van der Waals surface area contributed by atoms with Crippen LogP contribution in [0.2, 0.25) is 0 Å². The fraction of sp³-hybridized carbons (Fsp3) is 0.568. The van der Waals surface area contributed by atoms with Crippen LogP contribution in [0.4, 0.5) is 0 Å². The van der Waals surface area contributed by atoms with Crippen LogP contribution in [0.5, 0.6) is 0 Å². The second-order valence-electron chi connectivity index (χ2n) is 13.0. The van der Waals surface area contributed by atoms with E-state index in [4.69, 9.17) is 11.5 Å². The third-order valence-electron chi connectivity index (χ3n) is 9.73. The molecule has 8 nitrogen and oxygen atoms in total. The van der Waals surface area contributed by atoms with E-state index in [1.165, 1.54) is 64.2 Å². The molecule has 0 aromatic heterocycles. The Hall–Kier alpha value is -3.68. The van der Waals surface area contributed by atoms with Crippen molar-refractivity contribution < 1.29 is 19.2 Å². The monoisotopic (exact) mass is 616 g/mol. The third-order valence-corrected chi connectivity index (χ3v) is 9.73. The average molecular weight is 617 g/mol. The predicted octanol–water partition coefficient (Wildman–Crippen LogP) is 5.95. The first-order valence-corrected chi connectivity index (χ1v) is 17.2. The molecule has 4 rings (SSSR count). The van der Waals surface area contributed by atoms with Crippen molar-refractivity contribution in [2.75, 3.05) is 13.1 Å². The minimum atomic E-state index is -0.837. The highest BCUT2D eigenvalue weighted by atomic mass is 16.2. The van der Waals surface area contributed by atoms with E-state index in [0.29, 0.717) is 17.7 Å². The molecule has 2 fully saturated rings. The molecule has 1 aliphatic carbocycles. The van der Waals surface area contributed by atoms with Gasteiger partial charge in [0.25, 0.3) is 11.8 Å². The second kappa shape index (κ2) is 17.1. The van der Waals surface area contributed by atoms with Crippen molar-refractivity contribution in [3.05, 3.63) is 71.3 Å². The molecule has 0 bridgehead atoms. The van der Waals surface area contributed by atoms with Gasteiger partial charge in [0.2, 0.25) is 11.8 Å². The number of carbonyl (C=O) groups is 4. The minimum Gasteiger partial charge on any atom is -0.369 e. The average Bonchev–Trinajstić information content (AvgIpc) is 3.73. The van der Waals surface area contributed by atoms with E-state index in [-0.39, 0.29) is 30.2 Å². The van der Waals surface area contributed by atoms with Gasteiger partial charge >= 0.3 is 0 Å². The molecule has 8 heteroatoms. The quantitative estimate of drug-likeness (QED) is 0.168. The molecule has 2 aromatic rings. The Morgan fingerprint density at radius 3 is 1.84 bits per heavy atom. The van der Waals surface area contributed by atoms with Crippen LogP contribution in [0.3, 0.4) is 0 Å². The van der Waals surface area contributed by atoms with Crippen molar-refractivity contribution in [2.24, 2.45) is 29.2 Å². The van der Waals surface area contributed by atoms with Crippen molar-refractivity contribution in [1.82, 2.24) is 10.2 Å². The lowest BCUT2D eigenvalue weighted by atomic mass is 9.86. The highest BCUT2D eigenvalue weighted by Crippen LogP contribution is 2.55. The smallest absolute Gasteiger partial charge is 0.254 e. The predicted molar refractivity (Wildman–Crippen MR) is 177 cm³/mol. The van der Waals surface area contributed by atoms with Crippen molar-refractivity contribution in [3.63, 3.8) is 0 Å². The zero-order valence-electron chi connectivity index (χ0n) is 26.9. The number of hydrogen-bond donors (Lipinski definition) is 3. The van der Waals surface area contributed by atoms with Crippen LogP contribution in [0.25, 0.3) is 0 Å². The SMILES string of the molecule is CCCCCCCCCCCCCCNC(=O)c1ccc(C(=O)N2CC(C(N)=O)C(C(N)=O)C2[C@H]2C[C@H]2c2ccccc2)cc1. The van der Waals surface area contributed by atoms with Gasteiger partial charge in [-0.3, -0.25) is 19.2 Å². The fourth-order valence-corrected chi connectivity index (χ4v) is 7.10. The highest BCUT2D eigenvalue weighted by molar-refractivity contribution is 5.99. The zero-order chi connectivity index (χ0) is 32.2. The summed E-state index contributed by atoms with van der Waals surface area (Å²) in [6.45, 7) is 2.92. The van der Waals surface area contributed by atoms with Crippen LogP contribution in [0.1, 0.15) is 123 Å². The standard InChI is InChI=1S/C37H52N4O4/c1-2-3-4-5-6-7-8-9-10-11-12-16-23-40-36(44)27-19-21-28(22-20-27)37(45)41-25-31(34(38)42)32(35(39)43)33(41)30-24-29(30)26-17-14-13-15-18-26/h13-15,17-22,29-33H,2-12,16,23-25H2,1H3,(H2,38,42)(H2,39,43)(H,40,44)/t29-,30-,31?,32?,33?/m0/s1. The summed E-state index contributed by atoms with van der Waals surface area (Å²) in [4.78, 5) is 53.1. The molecule has 45 heavy (non-hydrogen) atoms. The van der Waals surface area contributed by atoms with Gasteiger partial charge < -0.3 is 21.7 Å². The molecule has 1 saturated carbocycles. The van der Waals surface area contributed by atoms with E-state index < -0.39 is 29.7 Å². The largest absolute Gasteiger partial charge is 0.369 e. The van der Waals surface area contributed by atoms with E-state index in [0.717, 1.165) is 24.8 Å². The number of hydrogen-bond acceptors (Lipinski definition) is 4. The number of rotatable bonds is 19. The molecule has 4 amide bonds. The van der Waals surface area contributed by atoms with Crippen molar-refractivity contribution in [3.8, 4) is 0 Å². The molecule has 0 radical (unpaired) electrons. The van der Waals surface area contributed by atoms with Crippen molar-refractivity contribution in [1.29, 1.82) is 0 Å². The van der Waals surface area contributed by atoms with Gasteiger partial charge in [-0.25, -0.2) is 0 Å². The van der Waals surface area contributed by atoms with Gasteiger partial charge in [-0.1, -0.05) is 108 Å². The van der Waals surface area contributed by atoms with Crippen molar-refractivity contribution >= 4 is 23.6 Å². The Bertz CT molecular complexity index is 1260. The van der Waals surface area contributed by atoms with E-state index in [9.17, 15) is 19.2 Å². The number of benzene rings is 2. The fourth-order valence-electron chi connectivity index (χ4n) is 7.10. The first-order valence-electron chi connectivity index (χ1n) is 17.2. The third kappa shape index (κ3) is 9.41. The van der Waals surface area contributed by atoms with Gasteiger partial charge in [0, 0.05) is 30.3 Å². The van der Waals surface area contributed by atoms with Crippen LogP contribution in [0.15, 0.2) is 54.6 Å². The maximum Gasteiger partial charge on any atom is 0.254 e. The molecule has 2 aliphatic rings. The Morgan fingerprint density at radius 1 is 0.733 bits per heavy atom. The highest BCUT2D eigenvalue weighted by Gasteiger charge is 2.58. The van der Waals surface area contributed by atoms with Gasteiger partial charge in [0.1, 0.15) is 0 Å².